The molecule has 12 heavy (non-hydrogen) atoms. The van der Waals surface area contributed by atoms with Gasteiger partial charge in [0.1, 0.15) is 0 Å². The number of aliphatic hydroxyl groups excluding tert-OH is 1. The summed E-state index contributed by atoms with van der Waals surface area (Å²) in [5.74, 6) is 0. The number of benzene rings is 1. The Balaban J connectivity index is 2.42. The van der Waals surface area contributed by atoms with E-state index in [2.05, 4.69) is 33.4 Å². The van der Waals surface area contributed by atoms with Crippen molar-refractivity contribution in [3.8, 4) is 0 Å². The van der Waals surface area contributed by atoms with Gasteiger partial charge in [0.25, 0.3) is 0 Å². The van der Waals surface area contributed by atoms with Crippen molar-refractivity contribution < 1.29 is 5.11 Å². The molecule has 2 rings (SSSR count). The minimum absolute atomic E-state index is 0.123. The minimum Gasteiger partial charge on any atom is -0.394 e. The Morgan fingerprint density at radius 3 is 3.17 bits per heavy atom. The van der Waals surface area contributed by atoms with Gasteiger partial charge in [0.2, 0.25) is 0 Å². The molecule has 3 heteroatoms. The summed E-state index contributed by atoms with van der Waals surface area (Å²) in [6.45, 7) is 1.04. The number of rotatable bonds is 1. The average molecular weight is 228 g/mol. The summed E-state index contributed by atoms with van der Waals surface area (Å²) in [5, 5.41) is 12.3. The van der Waals surface area contributed by atoms with Crippen LogP contribution in [0.25, 0.3) is 0 Å². The molecule has 0 saturated heterocycles. The Morgan fingerprint density at radius 1 is 1.58 bits per heavy atom. The summed E-state index contributed by atoms with van der Waals surface area (Å²) in [4.78, 5) is 0. The van der Waals surface area contributed by atoms with Crippen molar-refractivity contribution in [2.75, 3.05) is 6.61 Å². The number of halogens is 1. The maximum Gasteiger partial charge on any atom is 0.0626 e. The minimum atomic E-state index is 0.123. The van der Waals surface area contributed by atoms with E-state index in [0.717, 1.165) is 11.0 Å². The van der Waals surface area contributed by atoms with E-state index in [1.54, 1.807) is 0 Å². The molecular weight excluding hydrogens is 218 g/mol. The van der Waals surface area contributed by atoms with Crippen LogP contribution in [0.3, 0.4) is 0 Å². The highest BCUT2D eigenvalue weighted by Gasteiger charge is 2.20. The van der Waals surface area contributed by atoms with Crippen molar-refractivity contribution >= 4 is 15.9 Å². The first kappa shape index (κ1) is 8.23. The van der Waals surface area contributed by atoms with Crippen LogP contribution in [0.4, 0.5) is 0 Å². The fourth-order valence-electron chi connectivity index (χ4n) is 1.56. The van der Waals surface area contributed by atoms with E-state index in [1.165, 1.54) is 11.1 Å². The Labute approximate surface area is 79.7 Å². The van der Waals surface area contributed by atoms with Crippen LogP contribution < -0.4 is 5.32 Å². The lowest BCUT2D eigenvalue weighted by atomic mass is 10.1. The maximum atomic E-state index is 9.03. The van der Waals surface area contributed by atoms with E-state index in [4.69, 9.17) is 5.11 Å². The molecule has 0 unspecified atom stereocenters. The van der Waals surface area contributed by atoms with Gasteiger partial charge in [0.05, 0.1) is 12.6 Å². The molecule has 2 N–H and O–H groups in total. The van der Waals surface area contributed by atoms with Gasteiger partial charge in [-0.05, 0) is 23.3 Å². The van der Waals surface area contributed by atoms with E-state index < -0.39 is 0 Å². The van der Waals surface area contributed by atoms with Crippen molar-refractivity contribution in [2.45, 2.75) is 12.6 Å². The fourth-order valence-corrected chi connectivity index (χ4v) is 1.94. The quantitative estimate of drug-likeness (QED) is 0.764. The van der Waals surface area contributed by atoms with Crippen LogP contribution in [-0.2, 0) is 6.54 Å². The second-order valence-corrected chi connectivity index (χ2v) is 3.87. The average Bonchev–Trinajstić information content (AvgIpc) is 2.46. The van der Waals surface area contributed by atoms with Crippen LogP contribution in [0.1, 0.15) is 17.2 Å². The summed E-state index contributed by atoms with van der Waals surface area (Å²) in [6, 6.07) is 6.30. The van der Waals surface area contributed by atoms with Crippen molar-refractivity contribution in [1.82, 2.24) is 5.32 Å². The number of fused-ring (bicyclic) bond motifs is 1. The van der Waals surface area contributed by atoms with Crippen LogP contribution in [0.2, 0.25) is 0 Å². The molecule has 0 bridgehead atoms. The van der Waals surface area contributed by atoms with Crippen LogP contribution in [0.15, 0.2) is 22.7 Å². The molecule has 1 aliphatic rings. The molecule has 0 spiro atoms. The van der Waals surface area contributed by atoms with Crippen LogP contribution in [0.5, 0.6) is 0 Å². The van der Waals surface area contributed by atoms with Crippen LogP contribution in [-0.4, -0.2) is 11.7 Å². The van der Waals surface area contributed by atoms with Crippen molar-refractivity contribution in [3.05, 3.63) is 33.8 Å². The first-order valence-corrected chi connectivity index (χ1v) is 4.73. The Hall–Kier alpha value is -0.380. The molecule has 0 amide bonds. The number of hydrogen-bond acceptors (Lipinski definition) is 2. The molecule has 0 radical (unpaired) electrons. The van der Waals surface area contributed by atoms with Gasteiger partial charge in [-0.1, -0.05) is 22.0 Å². The predicted octanol–water partition coefficient (Wildman–Crippen LogP) is 1.59. The zero-order valence-electron chi connectivity index (χ0n) is 6.55. The van der Waals surface area contributed by atoms with E-state index in [-0.39, 0.29) is 12.6 Å². The Kier molecular flexibility index (Phi) is 2.17. The van der Waals surface area contributed by atoms with Gasteiger partial charge < -0.3 is 10.4 Å². The van der Waals surface area contributed by atoms with Gasteiger partial charge in [-0.2, -0.15) is 0 Å². The first-order valence-electron chi connectivity index (χ1n) is 3.94. The first-order chi connectivity index (χ1) is 5.81. The van der Waals surface area contributed by atoms with Crippen LogP contribution >= 0.6 is 15.9 Å². The highest BCUT2D eigenvalue weighted by atomic mass is 79.9. The monoisotopic (exact) mass is 227 g/mol. The van der Waals surface area contributed by atoms with Gasteiger partial charge in [-0.15, -0.1) is 0 Å². The lowest BCUT2D eigenvalue weighted by molar-refractivity contribution is 0.251. The van der Waals surface area contributed by atoms with E-state index in [1.807, 2.05) is 6.07 Å². The lowest BCUT2D eigenvalue weighted by Crippen LogP contribution is -2.15. The van der Waals surface area contributed by atoms with Crippen molar-refractivity contribution in [3.63, 3.8) is 0 Å². The number of nitrogens with one attached hydrogen (secondary N) is 1. The lowest BCUT2D eigenvalue weighted by Gasteiger charge is -2.07. The largest absolute Gasteiger partial charge is 0.394 e. The second-order valence-electron chi connectivity index (χ2n) is 2.96. The van der Waals surface area contributed by atoms with Gasteiger partial charge in [-0.3, -0.25) is 0 Å². The summed E-state index contributed by atoms with van der Waals surface area (Å²) in [6.07, 6.45) is 0. The highest BCUT2D eigenvalue weighted by Crippen LogP contribution is 2.27. The third kappa shape index (κ3) is 1.28. The maximum absolute atomic E-state index is 9.03. The van der Waals surface area contributed by atoms with Gasteiger partial charge in [-0.25, -0.2) is 0 Å². The van der Waals surface area contributed by atoms with Crippen molar-refractivity contribution in [1.29, 1.82) is 0 Å². The molecule has 0 aliphatic carbocycles. The smallest absolute Gasteiger partial charge is 0.0626 e. The third-order valence-electron chi connectivity index (χ3n) is 2.20. The highest BCUT2D eigenvalue weighted by molar-refractivity contribution is 9.10. The SMILES string of the molecule is OC[C@@H]1NCc2ccc(Br)cc21. The molecule has 1 heterocycles. The molecule has 1 atom stereocenters. The van der Waals surface area contributed by atoms with Crippen LogP contribution in [0, 0.1) is 0 Å². The summed E-state index contributed by atoms with van der Waals surface area (Å²) in [7, 11) is 0. The second kappa shape index (κ2) is 3.17. The topological polar surface area (TPSA) is 32.3 Å². The summed E-state index contributed by atoms with van der Waals surface area (Å²) in [5.41, 5.74) is 2.50. The van der Waals surface area contributed by atoms with E-state index >= 15 is 0 Å². The molecule has 1 aliphatic heterocycles. The predicted molar refractivity (Wildman–Crippen MR) is 50.8 cm³/mol. The van der Waals surface area contributed by atoms with E-state index in [9.17, 15) is 0 Å². The molecular formula is C9H10BrNO. The Morgan fingerprint density at radius 2 is 2.42 bits per heavy atom. The fraction of sp³-hybridized carbons (Fsp3) is 0.333. The normalized spacial score (nSPS) is 21.0. The molecule has 1 aromatic carbocycles. The zero-order valence-corrected chi connectivity index (χ0v) is 8.13. The molecule has 1 aromatic rings. The number of hydrogen-bond donors (Lipinski definition) is 2. The van der Waals surface area contributed by atoms with Gasteiger partial charge in [0.15, 0.2) is 0 Å². The summed E-state index contributed by atoms with van der Waals surface area (Å²) >= 11 is 3.41. The zero-order chi connectivity index (χ0) is 8.55. The van der Waals surface area contributed by atoms with E-state index in [0.29, 0.717) is 0 Å². The number of aliphatic hydroxyl groups is 1. The third-order valence-corrected chi connectivity index (χ3v) is 2.70. The summed E-state index contributed by atoms with van der Waals surface area (Å²) < 4.78 is 1.07. The molecule has 0 saturated carbocycles. The van der Waals surface area contributed by atoms with Crippen molar-refractivity contribution in [2.24, 2.45) is 0 Å². The molecule has 64 valence electrons. The van der Waals surface area contributed by atoms with Gasteiger partial charge in [0, 0.05) is 11.0 Å². The molecule has 0 aromatic heterocycles. The molecule has 2 nitrogen and oxygen atoms in total. The Bertz CT molecular complexity index is 301. The molecule has 0 fully saturated rings. The van der Waals surface area contributed by atoms with Gasteiger partial charge >= 0.3 is 0 Å². The standard InChI is InChI=1S/C9H10BrNO/c10-7-2-1-6-4-11-9(5-12)8(6)3-7/h1-3,9,11-12H,4-5H2/t9-/m0/s1.